The van der Waals surface area contributed by atoms with E-state index in [0.717, 1.165) is 23.3 Å². The second-order valence-corrected chi connectivity index (χ2v) is 5.02. The highest BCUT2D eigenvalue weighted by Crippen LogP contribution is 2.28. The van der Waals surface area contributed by atoms with Gasteiger partial charge in [-0.05, 0) is 29.3 Å². The number of rotatable bonds is 4. The molecular formula is C19H15F2N. The van der Waals surface area contributed by atoms with Gasteiger partial charge in [-0.2, -0.15) is 0 Å². The van der Waals surface area contributed by atoms with Crippen LogP contribution < -0.4 is 5.32 Å². The maximum absolute atomic E-state index is 13.9. The predicted octanol–water partition coefficient (Wildman–Crippen LogP) is 5.17. The Kier molecular flexibility index (Phi) is 4.15. The van der Waals surface area contributed by atoms with Crippen molar-refractivity contribution in [2.45, 2.75) is 6.04 Å². The summed E-state index contributed by atoms with van der Waals surface area (Å²) in [6.45, 7) is 0. The third kappa shape index (κ3) is 3.14. The van der Waals surface area contributed by atoms with E-state index in [0.29, 0.717) is 0 Å². The SMILES string of the molecule is Fc1ccc(F)c(NC(c2ccccc2)c2ccccc2)c1. The Balaban J connectivity index is 2.01. The summed E-state index contributed by atoms with van der Waals surface area (Å²) < 4.78 is 27.3. The van der Waals surface area contributed by atoms with Gasteiger partial charge in [-0.3, -0.25) is 0 Å². The largest absolute Gasteiger partial charge is 0.372 e. The molecule has 3 aromatic rings. The van der Waals surface area contributed by atoms with Crippen molar-refractivity contribution in [2.24, 2.45) is 0 Å². The maximum Gasteiger partial charge on any atom is 0.146 e. The number of halogens is 2. The number of hydrogen-bond donors (Lipinski definition) is 1. The Morgan fingerprint density at radius 1 is 0.682 bits per heavy atom. The quantitative estimate of drug-likeness (QED) is 0.700. The molecule has 110 valence electrons. The molecule has 1 N–H and O–H groups in total. The first-order chi connectivity index (χ1) is 10.7. The summed E-state index contributed by atoms with van der Waals surface area (Å²) in [6, 6.07) is 22.6. The molecular weight excluding hydrogens is 280 g/mol. The van der Waals surface area contributed by atoms with E-state index in [1.54, 1.807) is 0 Å². The third-order valence-electron chi connectivity index (χ3n) is 3.49. The Hall–Kier alpha value is -2.68. The van der Waals surface area contributed by atoms with Crippen LogP contribution in [-0.4, -0.2) is 0 Å². The fourth-order valence-corrected chi connectivity index (χ4v) is 2.41. The molecule has 3 rings (SSSR count). The van der Waals surface area contributed by atoms with Crippen LogP contribution in [0.4, 0.5) is 14.5 Å². The van der Waals surface area contributed by atoms with E-state index in [1.807, 2.05) is 60.7 Å². The Morgan fingerprint density at radius 3 is 1.77 bits per heavy atom. The summed E-state index contributed by atoms with van der Waals surface area (Å²) in [4.78, 5) is 0. The minimum Gasteiger partial charge on any atom is -0.372 e. The monoisotopic (exact) mass is 295 g/mol. The number of benzene rings is 3. The summed E-state index contributed by atoms with van der Waals surface area (Å²) in [5, 5.41) is 3.11. The van der Waals surface area contributed by atoms with Crippen molar-refractivity contribution in [3.8, 4) is 0 Å². The molecule has 0 saturated heterocycles. The van der Waals surface area contributed by atoms with Crippen molar-refractivity contribution < 1.29 is 8.78 Å². The highest BCUT2D eigenvalue weighted by molar-refractivity contribution is 5.50. The lowest BCUT2D eigenvalue weighted by atomic mass is 9.98. The van der Waals surface area contributed by atoms with Crippen LogP contribution in [0.2, 0.25) is 0 Å². The molecule has 0 saturated carbocycles. The minimum absolute atomic E-state index is 0.151. The van der Waals surface area contributed by atoms with Gasteiger partial charge in [0.05, 0.1) is 11.7 Å². The Bertz CT molecular complexity index is 702. The van der Waals surface area contributed by atoms with E-state index in [9.17, 15) is 8.78 Å². The maximum atomic E-state index is 13.9. The van der Waals surface area contributed by atoms with Crippen LogP contribution in [0.1, 0.15) is 17.2 Å². The average molecular weight is 295 g/mol. The minimum atomic E-state index is -0.474. The van der Waals surface area contributed by atoms with Gasteiger partial charge in [-0.1, -0.05) is 60.7 Å². The van der Waals surface area contributed by atoms with Gasteiger partial charge in [0.25, 0.3) is 0 Å². The molecule has 0 spiro atoms. The van der Waals surface area contributed by atoms with Crippen molar-refractivity contribution in [1.82, 2.24) is 0 Å². The summed E-state index contributed by atoms with van der Waals surface area (Å²) in [5.41, 5.74) is 2.12. The Morgan fingerprint density at radius 2 is 1.23 bits per heavy atom. The van der Waals surface area contributed by atoms with Crippen LogP contribution in [0.3, 0.4) is 0 Å². The van der Waals surface area contributed by atoms with Crippen molar-refractivity contribution in [3.63, 3.8) is 0 Å². The van der Waals surface area contributed by atoms with E-state index in [-0.39, 0.29) is 11.7 Å². The van der Waals surface area contributed by atoms with Crippen molar-refractivity contribution >= 4 is 5.69 Å². The van der Waals surface area contributed by atoms with Gasteiger partial charge < -0.3 is 5.32 Å². The van der Waals surface area contributed by atoms with Crippen LogP contribution in [0, 0.1) is 11.6 Å². The molecule has 0 fully saturated rings. The zero-order valence-corrected chi connectivity index (χ0v) is 11.8. The topological polar surface area (TPSA) is 12.0 Å². The van der Waals surface area contributed by atoms with E-state index in [1.165, 1.54) is 6.07 Å². The molecule has 0 aliphatic rings. The zero-order valence-electron chi connectivity index (χ0n) is 11.8. The number of nitrogens with one attached hydrogen (secondary N) is 1. The highest BCUT2D eigenvalue weighted by Gasteiger charge is 2.15. The van der Waals surface area contributed by atoms with Crippen molar-refractivity contribution in [3.05, 3.63) is 102 Å². The predicted molar refractivity (Wildman–Crippen MR) is 84.7 cm³/mol. The van der Waals surface area contributed by atoms with E-state index in [2.05, 4.69) is 5.32 Å². The first kappa shape index (κ1) is 14.3. The molecule has 22 heavy (non-hydrogen) atoms. The summed E-state index contributed by atoms with van der Waals surface area (Å²) >= 11 is 0. The molecule has 0 atom stereocenters. The van der Waals surface area contributed by atoms with E-state index < -0.39 is 11.6 Å². The van der Waals surface area contributed by atoms with Crippen molar-refractivity contribution in [2.75, 3.05) is 5.32 Å². The smallest absolute Gasteiger partial charge is 0.146 e. The average Bonchev–Trinajstić information content (AvgIpc) is 2.57. The first-order valence-corrected chi connectivity index (χ1v) is 7.05. The van der Waals surface area contributed by atoms with Gasteiger partial charge in [-0.25, -0.2) is 8.78 Å². The van der Waals surface area contributed by atoms with Gasteiger partial charge in [-0.15, -0.1) is 0 Å². The number of hydrogen-bond acceptors (Lipinski definition) is 1. The lowest BCUT2D eigenvalue weighted by molar-refractivity contribution is 0.601. The second-order valence-electron chi connectivity index (χ2n) is 5.02. The molecule has 3 aromatic carbocycles. The molecule has 0 heterocycles. The number of anilines is 1. The summed E-state index contributed by atoms with van der Waals surface area (Å²) in [6.07, 6.45) is 0. The molecule has 0 aromatic heterocycles. The molecule has 0 unspecified atom stereocenters. The van der Waals surface area contributed by atoms with Gasteiger partial charge in [0.1, 0.15) is 11.6 Å². The third-order valence-corrected chi connectivity index (χ3v) is 3.49. The van der Waals surface area contributed by atoms with Gasteiger partial charge >= 0.3 is 0 Å². The first-order valence-electron chi connectivity index (χ1n) is 7.05. The van der Waals surface area contributed by atoms with Crippen LogP contribution in [0.25, 0.3) is 0 Å². The fourth-order valence-electron chi connectivity index (χ4n) is 2.41. The summed E-state index contributed by atoms with van der Waals surface area (Å²) in [7, 11) is 0. The fraction of sp³-hybridized carbons (Fsp3) is 0.0526. The van der Waals surface area contributed by atoms with Crippen LogP contribution in [0.15, 0.2) is 78.9 Å². The molecule has 0 aliphatic heterocycles. The van der Waals surface area contributed by atoms with E-state index >= 15 is 0 Å². The lowest BCUT2D eigenvalue weighted by Crippen LogP contribution is -2.13. The molecule has 1 nitrogen and oxygen atoms in total. The normalized spacial score (nSPS) is 10.7. The molecule has 0 radical (unpaired) electrons. The summed E-state index contributed by atoms with van der Waals surface area (Å²) in [5.74, 6) is -0.943. The molecule has 0 aliphatic carbocycles. The van der Waals surface area contributed by atoms with Crippen LogP contribution >= 0.6 is 0 Å². The molecule has 3 heteroatoms. The highest BCUT2D eigenvalue weighted by atomic mass is 19.1. The van der Waals surface area contributed by atoms with E-state index in [4.69, 9.17) is 0 Å². The Labute approximate surface area is 128 Å². The van der Waals surface area contributed by atoms with Gasteiger partial charge in [0.2, 0.25) is 0 Å². The lowest BCUT2D eigenvalue weighted by Gasteiger charge is -2.21. The standard InChI is InChI=1S/C19H15F2N/c20-16-11-12-17(21)18(13-16)22-19(14-7-3-1-4-8-14)15-9-5-2-6-10-15/h1-13,19,22H. The van der Waals surface area contributed by atoms with Gasteiger partial charge in [0, 0.05) is 0 Å². The zero-order chi connectivity index (χ0) is 15.4. The molecule has 0 bridgehead atoms. The second kappa shape index (κ2) is 6.39. The van der Waals surface area contributed by atoms with Crippen LogP contribution in [-0.2, 0) is 0 Å². The van der Waals surface area contributed by atoms with Gasteiger partial charge in [0.15, 0.2) is 0 Å². The molecule has 0 amide bonds. The van der Waals surface area contributed by atoms with Crippen molar-refractivity contribution in [1.29, 1.82) is 0 Å². The van der Waals surface area contributed by atoms with Crippen LogP contribution in [0.5, 0.6) is 0 Å².